The zero-order valence-corrected chi connectivity index (χ0v) is 12.4. The number of pyridine rings is 1. The summed E-state index contributed by atoms with van der Waals surface area (Å²) in [7, 11) is 0. The van der Waals surface area contributed by atoms with Crippen molar-refractivity contribution in [3.8, 4) is 0 Å². The maximum absolute atomic E-state index is 12.2. The van der Waals surface area contributed by atoms with Gasteiger partial charge in [0.1, 0.15) is 5.82 Å². The summed E-state index contributed by atoms with van der Waals surface area (Å²) >= 11 is 0. The lowest BCUT2D eigenvalue weighted by molar-refractivity contribution is 0.0928. The highest BCUT2D eigenvalue weighted by atomic mass is 16.1. The number of hydrogen-bond acceptors (Lipinski definition) is 3. The highest BCUT2D eigenvalue weighted by Crippen LogP contribution is 2.12. The molecule has 0 aromatic carbocycles. The minimum atomic E-state index is -0.0701. The number of aryl methyl sites for hydroxylation is 1. The zero-order valence-electron chi connectivity index (χ0n) is 12.4. The largest absolute Gasteiger partial charge is 0.384 e. The van der Waals surface area contributed by atoms with Gasteiger partial charge in [-0.15, -0.1) is 0 Å². The van der Waals surface area contributed by atoms with Gasteiger partial charge in [-0.1, -0.05) is 33.6 Å². The van der Waals surface area contributed by atoms with Crippen LogP contribution in [0.5, 0.6) is 0 Å². The van der Waals surface area contributed by atoms with Crippen LogP contribution in [-0.2, 0) is 6.42 Å². The van der Waals surface area contributed by atoms with E-state index in [1.807, 2.05) is 13.0 Å². The van der Waals surface area contributed by atoms with Gasteiger partial charge in [-0.25, -0.2) is 4.98 Å². The van der Waals surface area contributed by atoms with Crippen molar-refractivity contribution in [3.63, 3.8) is 0 Å². The Kier molecular flexibility index (Phi) is 5.80. The Morgan fingerprint density at radius 3 is 2.63 bits per heavy atom. The normalized spacial score (nSPS) is 13.9. The van der Waals surface area contributed by atoms with Gasteiger partial charge in [-0.05, 0) is 31.4 Å². The lowest BCUT2D eigenvalue weighted by Gasteiger charge is -2.20. The second kappa shape index (κ2) is 7.12. The Labute approximate surface area is 115 Å². The topological polar surface area (TPSA) is 68.0 Å². The molecule has 2 unspecified atom stereocenters. The summed E-state index contributed by atoms with van der Waals surface area (Å²) in [6.45, 7) is 8.37. The Bertz CT molecular complexity index is 431. The fraction of sp³-hybridized carbons (Fsp3) is 0.600. The summed E-state index contributed by atoms with van der Waals surface area (Å²) in [5, 5.41) is 3.02. The quantitative estimate of drug-likeness (QED) is 0.829. The van der Waals surface area contributed by atoms with Crippen molar-refractivity contribution in [1.82, 2.24) is 10.3 Å². The summed E-state index contributed by atoms with van der Waals surface area (Å²) in [6, 6.07) is 3.62. The van der Waals surface area contributed by atoms with Gasteiger partial charge in [-0.3, -0.25) is 4.79 Å². The van der Waals surface area contributed by atoms with Crippen molar-refractivity contribution in [2.24, 2.45) is 5.92 Å². The average Bonchev–Trinajstić information content (AvgIpc) is 2.37. The molecule has 4 nitrogen and oxygen atoms in total. The van der Waals surface area contributed by atoms with Crippen molar-refractivity contribution in [2.45, 2.75) is 53.0 Å². The SMILES string of the molecule is CCCc1cc(C(=O)NC(C)C(C)CC)cc(N)n1. The van der Waals surface area contributed by atoms with Crippen LogP contribution in [0.25, 0.3) is 0 Å². The summed E-state index contributed by atoms with van der Waals surface area (Å²) in [4.78, 5) is 16.4. The number of nitrogens with zero attached hydrogens (tertiary/aromatic N) is 1. The maximum atomic E-state index is 12.2. The van der Waals surface area contributed by atoms with E-state index in [1.165, 1.54) is 0 Å². The highest BCUT2D eigenvalue weighted by molar-refractivity contribution is 5.95. The first-order valence-electron chi connectivity index (χ1n) is 7.05. The van der Waals surface area contributed by atoms with Crippen LogP contribution in [0.1, 0.15) is 56.6 Å². The molecule has 0 aliphatic rings. The molecule has 0 saturated heterocycles. The number of carbonyl (C=O) groups excluding carboxylic acids is 1. The molecule has 0 spiro atoms. The average molecular weight is 263 g/mol. The van der Waals surface area contributed by atoms with Crippen LogP contribution in [0.3, 0.4) is 0 Å². The minimum Gasteiger partial charge on any atom is -0.384 e. The maximum Gasteiger partial charge on any atom is 0.251 e. The van der Waals surface area contributed by atoms with E-state index in [1.54, 1.807) is 6.07 Å². The Morgan fingerprint density at radius 2 is 2.05 bits per heavy atom. The standard InChI is InChI=1S/C15H25N3O/c1-5-7-13-8-12(9-14(16)18-13)15(19)17-11(4)10(3)6-2/h8-11H,5-7H2,1-4H3,(H2,16,18)(H,17,19). The van der Waals surface area contributed by atoms with Gasteiger partial charge in [0.15, 0.2) is 0 Å². The molecule has 106 valence electrons. The predicted molar refractivity (Wildman–Crippen MR) is 79.0 cm³/mol. The molecular weight excluding hydrogens is 238 g/mol. The van der Waals surface area contributed by atoms with E-state index in [9.17, 15) is 4.79 Å². The van der Waals surface area contributed by atoms with E-state index in [2.05, 4.69) is 31.1 Å². The van der Waals surface area contributed by atoms with Crippen LogP contribution < -0.4 is 11.1 Å². The fourth-order valence-corrected chi connectivity index (χ4v) is 1.91. The molecule has 19 heavy (non-hydrogen) atoms. The van der Waals surface area contributed by atoms with Gasteiger partial charge in [0, 0.05) is 17.3 Å². The molecule has 0 saturated carbocycles. The third kappa shape index (κ3) is 4.54. The van der Waals surface area contributed by atoms with E-state index in [0.717, 1.165) is 25.0 Å². The Hall–Kier alpha value is -1.58. The van der Waals surface area contributed by atoms with Gasteiger partial charge in [0.25, 0.3) is 5.91 Å². The molecule has 1 heterocycles. The summed E-state index contributed by atoms with van der Waals surface area (Å²) in [5.41, 5.74) is 7.23. The van der Waals surface area contributed by atoms with E-state index in [-0.39, 0.29) is 11.9 Å². The number of hydrogen-bond donors (Lipinski definition) is 2. The van der Waals surface area contributed by atoms with Crippen LogP contribution in [-0.4, -0.2) is 16.9 Å². The number of nitrogen functional groups attached to an aromatic ring is 1. The van der Waals surface area contributed by atoms with E-state index < -0.39 is 0 Å². The molecule has 1 aromatic heterocycles. The van der Waals surface area contributed by atoms with Gasteiger partial charge < -0.3 is 11.1 Å². The van der Waals surface area contributed by atoms with Gasteiger partial charge in [0.05, 0.1) is 0 Å². The molecule has 3 N–H and O–H groups in total. The molecule has 4 heteroatoms. The number of amides is 1. The number of aromatic nitrogens is 1. The first kappa shape index (κ1) is 15.5. The predicted octanol–water partition coefficient (Wildman–Crippen LogP) is 2.78. The molecule has 0 fully saturated rings. The smallest absolute Gasteiger partial charge is 0.251 e. The highest BCUT2D eigenvalue weighted by Gasteiger charge is 2.15. The van der Waals surface area contributed by atoms with Crippen LogP contribution in [0, 0.1) is 5.92 Å². The van der Waals surface area contributed by atoms with Crippen molar-refractivity contribution >= 4 is 11.7 Å². The van der Waals surface area contributed by atoms with Crippen LogP contribution >= 0.6 is 0 Å². The molecule has 1 amide bonds. The summed E-state index contributed by atoms with van der Waals surface area (Å²) in [5.74, 6) is 0.796. The first-order valence-corrected chi connectivity index (χ1v) is 7.05. The van der Waals surface area contributed by atoms with E-state index in [4.69, 9.17) is 5.73 Å². The number of nitrogens with one attached hydrogen (secondary N) is 1. The van der Waals surface area contributed by atoms with E-state index >= 15 is 0 Å². The van der Waals surface area contributed by atoms with Crippen molar-refractivity contribution < 1.29 is 4.79 Å². The number of carbonyl (C=O) groups is 1. The molecule has 2 atom stereocenters. The molecule has 0 aliphatic carbocycles. The van der Waals surface area contributed by atoms with Gasteiger partial charge in [0.2, 0.25) is 0 Å². The van der Waals surface area contributed by atoms with Crippen LogP contribution in [0.2, 0.25) is 0 Å². The van der Waals surface area contributed by atoms with Gasteiger partial charge >= 0.3 is 0 Å². The van der Waals surface area contributed by atoms with Crippen molar-refractivity contribution in [2.75, 3.05) is 5.73 Å². The van der Waals surface area contributed by atoms with Crippen molar-refractivity contribution in [3.05, 3.63) is 23.4 Å². The Morgan fingerprint density at radius 1 is 1.37 bits per heavy atom. The zero-order chi connectivity index (χ0) is 14.4. The first-order chi connectivity index (χ1) is 8.97. The third-order valence-electron chi connectivity index (χ3n) is 3.52. The van der Waals surface area contributed by atoms with Crippen LogP contribution in [0.4, 0.5) is 5.82 Å². The van der Waals surface area contributed by atoms with Gasteiger partial charge in [-0.2, -0.15) is 0 Å². The summed E-state index contributed by atoms with van der Waals surface area (Å²) in [6.07, 6.45) is 2.87. The molecule has 0 aliphatic heterocycles. The minimum absolute atomic E-state index is 0.0701. The molecule has 0 radical (unpaired) electrons. The number of nitrogens with two attached hydrogens (primary N) is 1. The monoisotopic (exact) mass is 263 g/mol. The second-order valence-corrected chi connectivity index (χ2v) is 5.17. The molecule has 1 rings (SSSR count). The third-order valence-corrected chi connectivity index (χ3v) is 3.52. The second-order valence-electron chi connectivity index (χ2n) is 5.17. The molecule has 0 bridgehead atoms. The Balaban J connectivity index is 2.81. The van der Waals surface area contributed by atoms with E-state index in [0.29, 0.717) is 17.3 Å². The molecule has 1 aromatic rings. The van der Waals surface area contributed by atoms with Crippen LogP contribution in [0.15, 0.2) is 12.1 Å². The number of anilines is 1. The summed E-state index contributed by atoms with van der Waals surface area (Å²) < 4.78 is 0. The number of rotatable bonds is 6. The molecular formula is C15H25N3O. The van der Waals surface area contributed by atoms with Crippen molar-refractivity contribution in [1.29, 1.82) is 0 Å². The lowest BCUT2D eigenvalue weighted by atomic mass is 10.0. The lowest BCUT2D eigenvalue weighted by Crippen LogP contribution is -2.37. The fourth-order valence-electron chi connectivity index (χ4n) is 1.91.